The molecule has 1 amide bonds. The third kappa shape index (κ3) is 1.82. The summed E-state index contributed by atoms with van der Waals surface area (Å²) in [6.45, 7) is 2.51. The van der Waals surface area contributed by atoms with Crippen molar-refractivity contribution in [3.05, 3.63) is 7.11 Å². The van der Waals surface area contributed by atoms with Crippen molar-refractivity contribution in [2.75, 3.05) is 13.6 Å². The van der Waals surface area contributed by atoms with Crippen LogP contribution in [0.25, 0.3) is 0 Å². The molecular weight excluding hydrogens is 106 g/mol. The summed E-state index contributed by atoms with van der Waals surface area (Å²) in [4.78, 5) is 11.8. The Morgan fingerprint density at radius 2 is 2.38 bits per heavy atom. The second kappa shape index (κ2) is 3.29. The molecule has 47 valence electrons. The zero-order valence-electron chi connectivity index (χ0n) is 5.18. The maximum absolute atomic E-state index is 10.4. The van der Waals surface area contributed by atoms with E-state index in [1.54, 1.807) is 7.05 Å². The van der Waals surface area contributed by atoms with Crippen molar-refractivity contribution in [2.45, 2.75) is 6.92 Å². The minimum absolute atomic E-state index is 0.396. The van der Waals surface area contributed by atoms with Gasteiger partial charge in [-0.05, 0) is 6.92 Å². The minimum atomic E-state index is -0.396. The minimum Gasteiger partial charge on any atom is -0.446 e. The second-order valence-electron chi connectivity index (χ2n) is 1.42. The molecule has 0 bridgehead atoms. The van der Waals surface area contributed by atoms with Gasteiger partial charge in [0.25, 0.3) is 0 Å². The fraction of sp³-hybridized carbons (Fsp3) is 0.600. The van der Waals surface area contributed by atoms with E-state index in [0.29, 0.717) is 6.54 Å². The summed E-state index contributed by atoms with van der Waals surface area (Å²) in [6, 6.07) is 0. The van der Waals surface area contributed by atoms with Crippen molar-refractivity contribution in [2.24, 2.45) is 0 Å². The van der Waals surface area contributed by atoms with Gasteiger partial charge >= 0.3 is 6.09 Å². The third-order valence-electron chi connectivity index (χ3n) is 0.909. The summed E-state index contributed by atoms with van der Waals surface area (Å²) in [6.07, 6.45) is -0.396. The molecule has 3 nitrogen and oxygen atoms in total. The van der Waals surface area contributed by atoms with Gasteiger partial charge in [-0.2, -0.15) is 0 Å². The van der Waals surface area contributed by atoms with Gasteiger partial charge in [0.2, 0.25) is 0 Å². The highest BCUT2D eigenvalue weighted by Gasteiger charge is 2.02. The normalized spacial score (nSPS) is 8.38. The standard InChI is InChI=1S/C5H10NO2/c1-4-6(2)5(7)8-3/h3-4H2,1-2H3. The van der Waals surface area contributed by atoms with Crippen LogP contribution in [-0.2, 0) is 4.74 Å². The number of ether oxygens (including phenoxy) is 1. The Morgan fingerprint density at radius 3 is 2.50 bits per heavy atom. The summed E-state index contributed by atoms with van der Waals surface area (Å²) in [5, 5.41) is 0. The highest BCUT2D eigenvalue weighted by Crippen LogP contribution is 1.85. The van der Waals surface area contributed by atoms with Crippen molar-refractivity contribution in [3.8, 4) is 0 Å². The Kier molecular flexibility index (Phi) is 2.99. The molecule has 0 aliphatic heterocycles. The molecule has 0 N–H and O–H groups in total. The van der Waals surface area contributed by atoms with Crippen molar-refractivity contribution in [1.82, 2.24) is 4.90 Å². The number of carbonyl (C=O) groups is 1. The fourth-order valence-corrected chi connectivity index (χ4v) is 0.239. The average Bonchev–Trinajstić information content (AvgIpc) is 1.84. The Bertz CT molecular complexity index is 82.5. The topological polar surface area (TPSA) is 29.5 Å². The van der Waals surface area contributed by atoms with Crippen molar-refractivity contribution < 1.29 is 9.53 Å². The summed E-state index contributed by atoms with van der Waals surface area (Å²) < 4.78 is 4.14. The van der Waals surface area contributed by atoms with Crippen molar-refractivity contribution in [3.63, 3.8) is 0 Å². The molecule has 0 atom stereocenters. The lowest BCUT2D eigenvalue weighted by Crippen LogP contribution is -2.25. The quantitative estimate of drug-likeness (QED) is 0.508. The zero-order chi connectivity index (χ0) is 6.57. The maximum Gasteiger partial charge on any atom is 0.409 e. The van der Waals surface area contributed by atoms with Gasteiger partial charge in [0.05, 0.1) is 0 Å². The van der Waals surface area contributed by atoms with E-state index in [1.165, 1.54) is 4.90 Å². The summed E-state index contributed by atoms with van der Waals surface area (Å²) >= 11 is 0. The largest absolute Gasteiger partial charge is 0.446 e. The molecule has 8 heavy (non-hydrogen) atoms. The number of amides is 1. The SMILES string of the molecule is [CH2]OC(=O)N(C)CC. The smallest absolute Gasteiger partial charge is 0.409 e. The van der Waals surface area contributed by atoms with Crippen molar-refractivity contribution in [1.29, 1.82) is 0 Å². The average molecular weight is 116 g/mol. The first-order valence-electron chi connectivity index (χ1n) is 2.39. The van der Waals surface area contributed by atoms with Gasteiger partial charge in [-0.1, -0.05) is 0 Å². The van der Waals surface area contributed by atoms with Gasteiger partial charge in [0.15, 0.2) is 0 Å². The van der Waals surface area contributed by atoms with Gasteiger partial charge in [0.1, 0.15) is 7.11 Å². The Balaban J connectivity index is 3.46. The summed E-state index contributed by atoms with van der Waals surface area (Å²) in [5.74, 6) is 0. The molecule has 0 saturated carbocycles. The van der Waals surface area contributed by atoms with Crippen molar-refractivity contribution >= 4 is 6.09 Å². The van der Waals surface area contributed by atoms with Crippen LogP contribution in [0.4, 0.5) is 4.79 Å². The molecule has 0 aromatic heterocycles. The summed E-state index contributed by atoms with van der Waals surface area (Å²) in [7, 11) is 4.61. The number of carbonyl (C=O) groups excluding carboxylic acids is 1. The first kappa shape index (κ1) is 7.27. The lowest BCUT2D eigenvalue weighted by molar-refractivity contribution is 0.147. The molecule has 0 unspecified atom stereocenters. The molecule has 0 aliphatic rings. The Hall–Kier alpha value is -0.730. The maximum atomic E-state index is 10.4. The lowest BCUT2D eigenvalue weighted by atomic mass is 10.7. The molecule has 0 fully saturated rings. The first-order valence-corrected chi connectivity index (χ1v) is 2.39. The number of hydrogen-bond acceptors (Lipinski definition) is 2. The van der Waals surface area contributed by atoms with Gasteiger partial charge in [0, 0.05) is 13.6 Å². The van der Waals surface area contributed by atoms with Gasteiger partial charge in [-0.15, -0.1) is 0 Å². The van der Waals surface area contributed by atoms with Crippen LogP contribution < -0.4 is 0 Å². The van der Waals surface area contributed by atoms with E-state index in [-0.39, 0.29) is 0 Å². The number of rotatable bonds is 1. The lowest BCUT2D eigenvalue weighted by Gasteiger charge is -2.10. The van der Waals surface area contributed by atoms with E-state index in [2.05, 4.69) is 11.8 Å². The van der Waals surface area contributed by atoms with Crippen LogP contribution >= 0.6 is 0 Å². The predicted molar refractivity (Wildman–Crippen MR) is 30.1 cm³/mol. The van der Waals surface area contributed by atoms with Crippen LogP contribution in [0.15, 0.2) is 0 Å². The van der Waals surface area contributed by atoms with E-state index in [1.807, 2.05) is 6.92 Å². The monoisotopic (exact) mass is 116 g/mol. The molecule has 0 rings (SSSR count). The molecule has 0 aromatic carbocycles. The zero-order valence-corrected chi connectivity index (χ0v) is 5.18. The second-order valence-corrected chi connectivity index (χ2v) is 1.42. The molecule has 0 saturated heterocycles. The van der Waals surface area contributed by atoms with E-state index >= 15 is 0 Å². The Morgan fingerprint density at radius 1 is 1.88 bits per heavy atom. The van der Waals surface area contributed by atoms with Gasteiger partial charge in [-0.25, -0.2) is 4.79 Å². The fourth-order valence-electron chi connectivity index (χ4n) is 0.239. The van der Waals surface area contributed by atoms with Crippen LogP contribution in [0.3, 0.4) is 0 Å². The Labute approximate surface area is 49.2 Å². The number of nitrogens with zero attached hydrogens (tertiary/aromatic N) is 1. The highest BCUT2D eigenvalue weighted by molar-refractivity contribution is 5.67. The molecule has 0 spiro atoms. The summed E-state index contributed by atoms with van der Waals surface area (Å²) in [5.41, 5.74) is 0. The van der Waals surface area contributed by atoms with E-state index in [9.17, 15) is 4.79 Å². The molecule has 3 heteroatoms. The van der Waals surface area contributed by atoms with Gasteiger partial charge < -0.3 is 9.64 Å². The first-order chi connectivity index (χ1) is 3.72. The molecule has 0 heterocycles. The van der Waals surface area contributed by atoms with Crippen LogP contribution in [0, 0.1) is 7.11 Å². The molecule has 1 radical (unpaired) electrons. The molecule has 0 aliphatic carbocycles. The molecular formula is C5H10NO2. The van der Waals surface area contributed by atoms with Crippen LogP contribution in [0.2, 0.25) is 0 Å². The molecule has 0 aromatic rings. The van der Waals surface area contributed by atoms with E-state index in [0.717, 1.165) is 0 Å². The van der Waals surface area contributed by atoms with Crippen LogP contribution in [0.5, 0.6) is 0 Å². The highest BCUT2D eigenvalue weighted by atomic mass is 16.5. The van der Waals surface area contributed by atoms with Crippen LogP contribution in [0.1, 0.15) is 6.92 Å². The third-order valence-corrected chi connectivity index (χ3v) is 0.909. The van der Waals surface area contributed by atoms with E-state index < -0.39 is 6.09 Å². The van der Waals surface area contributed by atoms with E-state index in [4.69, 9.17) is 0 Å². The van der Waals surface area contributed by atoms with Crippen LogP contribution in [-0.4, -0.2) is 24.6 Å². The number of hydrogen-bond donors (Lipinski definition) is 0. The van der Waals surface area contributed by atoms with Gasteiger partial charge in [-0.3, -0.25) is 0 Å². The predicted octanol–water partition coefficient (Wildman–Crippen LogP) is 0.866.